The summed E-state index contributed by atoms with van der Waals surface area (Å²) in [5.74, 6) is -0.575. The van der Waals surface area contributed by atoms with Crippen molar-refractivity contribution in [3.63, 3.8) is 0 Å². The van der Waals surface area contributed by atoms with E-state index in [2.05, 4.69) is 19.9 Å². The van der Waals surface area contributed by atoms with Crippen LogP contribution in [-0.2, 0) is 9.53 Å². The normalized spacial score (nSPS) is 50.8. The largest absolute Gasteiger partial charge is 0.454 e. The highest BCUT2D eigenvalue weighted by Gasteiger charge is 2.67. The van der Waals surface area contributed by atoms with E-state index in [4.69, 9.17) is 4.74 Å². The van der Waals surface area contributed by atoms with Gasteiger partial charge in [-0.15, -0.1) is 0 Å². The predicted octanol–water partition coefficient (Wildman–Crippen LogP) is 1.71. The maximum atomic E-state index is 12.0. The first-order chi connectivity index (χ1) is 11.5. The Morgan fingerprint density at radius 3 is 2.56 bits per heavy atom. The monoisotopic (exact) mass is 348 g/mol. The van der Waals surface area contributed by atoms with Crippen LogP contribution in [0, 0.1) is 22.7 Å². The minimum atomic E-state index is -1.34. The molecule has 138 valence electrons. The van der Waals surface area contributed by atoms with Gasteiger partial charge in [-0.05, 0) is 37.5 Å². The summed E-state index contributed by atoms with van der Waals surface area (Å²) in [6, 6.07) is 0. The molecule has 0 aromatic rings. The fourth-order valence-electron chi connectivity index (χ4n) is 6.36. The minimum Gasteiger partial charge on any atom is -0.454 e. The Labute approximate surface area is 148 Å². The Bertz CT molecular complexity index is 692. The van der Waals surface area contributed by atoms with Crippen LogP contribution < -0.4 is 0 Å². The number of aliphatic hydroxyl groups is 3. The first kappa shape index (κ1) is 17.3. The predicted molar refractivity (Wildman–Crippen MR) is 91.4 cm³/mol. The second-order valence-electron chi connectivity index (χ2n) is 9.24. The number of rotatable bonds is 0. The van der Waals surface area contributed by atoms with Gasteiger partial charge in [0.15, 0.2) is 0 Å². The first-order valence-electron chi connectivity index (χ1n) is 9.23. The molecule has 1 heterocycles. The SMILES string of the molecule is CC1=C2C(CC3C(O)(CCC4C(C)(C)C=CC(O)C43C)C2O)OC1=O. The summed E-state index contributed by atoms with van der Waals surface area (Å²) in [6.45, 7) is 7.99. The van der Waals surface area contributed by atoms with Gasteiger partial charge in [0, 0.05) is 22.5 Å². The van der Waals surface area contributed by atoms with Gasteiger partial charge in [0.05, 0.1) is 11.7 Å². The minimum absolute atomic E-state index is 0.0986. The summed E-state index contributed by atoms with van der Waals surface area (Å²) < 4.78 is 5.47. The summed E-state index contributed by atoms with van der Waals surface area (Å²) >= 11 is 0. The Morgan fingerprint density at radius 1 is 1.20 bits per heavy atom. The molecule has 4 aliphatic rings. The van der Waals surface area contributed by atoms with Crippen molar-refractivity contribution in [2.75, 3.05) is 0 Å². The van der Waals surface area contributed by atoms with Crippen molar-refractivity contribution < 1.29 is 24.9 Å². The lowest BCUT2D eigenvalue weighted by atomic mass is 9.43. The number of esters is 1. The second kappa shape index (κ2) is 4.96. The van der Waals surface area contributed by atoms with Crippen molar-refractivity contribution >= 4 is 5.97 Å². The van der Waals surface area contributed by atoms with Gasteiger partial charge < -0.3 is 20.1 Å². The van der Waals surface area contributed by atoms with Crippen molar-refractivity contribution in [1.82, 2.24) is 0 Å². The molecule has 3 aliphatic carbocycles. The number of carbonyl (C=O) groups is 1. The molecule has 0 aromatic carbocycles. The molecule has 7 unspecified atom stereocenters. The van der Waals surface area contributed by atoms with Crippen LogP contribution in [0.5, 0.6) is 0 Å². The quantitative estimate of drug-likeness (QED) is 0.458. The molecule has 1 aliphatic heterocycles. The smallest absolute Gasteiger partial charge is 0.334 e. The molecule has 0 spiro atoms. The highest BCUT2D eigenvalue weighted by Crippen LogP contribution is 2.64. The van der Waals surface area contributed by atoms with Crippen LogP contribution in [0.2, 0.25) is 0 Å². The van der Waals surface area contributed by atoms with Crippen molar-refractivity contribution in [1.29, 1.82) is 0 Å². The highest BCUT2D eigenvalue weighted by molar-refractivity contribution is 5.92. The van der Waals surface area contributed by atoms with Crippen molar-refractivity contribution in [2.24, 2.45) is 22.7 Å². The summed E-state index contributed by atoms with van der Waals surface area (Å²) in [5.41, 5.74) is -1.07. The molecule has 5 nitrogen and oxygen atoms in total. The van der Waals surface area contributed by atoms with Gasteiger partial charge >= 0.3 is 5.97 Å². The lowest BCUT2D eigenvalue weighted by molar-refractivity contribution is -0.234. The van der Waals surface area contributed by atoms with Crippen LogP contribution in [0.25, 0.3) is 0 Å². The molecule has 0 bridgehead atoms. The van der Waals surface area contributed by atoms with Crippen molar-refractivity contribution in [3.8, 4) is 0 Å². The molecule has 5 heteroatoms. The van der Waals surface area contributed by atoms with E-state index in [1.807, 2.05) is 13.0 Å². The average molecular weight is 348 g/mol. The van der Waals surface area contributed by atoms with E-state index in [9.17, 15) is 20.1 Å². The fourth-order valence-corrected chi connectivity index (χ4v) is 6.36. The van der Waals surface area contributed by atoms with Crippen LogP contribution in [0.4, 0.5) is 0 Å². The maximum absolute atomic E-state index is 12.0. The molecule has 2 saturated carbocycles. The van der Waals surface area contributed by atoms with Gasteiger partial charge in [0.25, 0.3) is 0 Å². The number of allylic oxidation sites excluding steroid dienone is 1. The van der Waals surface area contributed by atoms with Crippen LogP contribution in [-0.4, -0.2) is 45.2 Å². The van der Waals surface area contributed by atoms with Gasteiger partial charge in [-0.3, -0.25) is 0 Å². The summed E-state index contributed by atoms with van der Waals surface area (Å²) in [6.07, 6.45) is 3.20. The van der Waals surface area contributed by atoms with E-state index in [-0.39, 0.29) is 17.3 Å². The van der Waals surface area contributed by atoms with Crippen molar-refractivity contribution in [3.05, 3.63) is 23.3 Å². The Morgan fingerprint density at radius 2 is 1.88 bits per heavy atom. The van der Waals surface area contributed by atoms with Gasteiger partial charge in [-0.1, -0.05) is 32.9 Å². The number of aliphatic hydroxyl groups excluding tert-OH is 2. The summed E-state index contributed by atoms with van der Waals surface area (Å²) in [5, 5.41) is 33.4. The van der Waals surface area contributed by atoms with E-state index in [0.717, 1.165) is 6.42 Å². The van der Waals surface area contributed by atoms with Gasteiger partial charge in [-0.25, -0.2) is 4.79 Å². The molecular formula is C20H28O5. The number of fused-ring (bicyclic) bond motifs is 4. The fraction of sp³-hybridized carbons (Fsp3) is 0.750. The molecule has 0 aromatic heterocycles. The van der Waals surface area contributed by atoms with E-state index in [0.29, 0.717) is 24.0 Å². The third kappa shape index (κ3) is 1.97. The third-order valence-electron chi connectivity index (χ3n) is 7.74. The lowest BCUT2D eigenvalue weighted by Crippen LogP contribution is -2.68. The standard InChI is InChI=1S/C20H28O5/c1-10-15-11(25-17(10)23)9-13-19(4)12(5-8-20(13,24)16(15)22)18(2,3)7-6-14(19)21/h6-7,11-14,16,21-22,24H,5,8-9H2,1-4H3. The zero-order valence-corrected chi connectivity index (χ0v) is 15.3. The first-order valence-corrected chi connectivity index (χ1v) is 9.23. The highest BCUT2D eigenvalue weighted by atomic mass is 16.5. The zero-order valence-electron chi connectivity index (χ0n) is 15.3. The van der Waals surface area contributed by atoms with Crippen LogP contribution in [0.3, 0.4) is 0 Å². The van der Waals surface area contributed by atoms with Gasteiger partial charge in [0.1, 0.15) is 12.2 Å². The molecule has 0 saturated heterocycles. The molecular weight excluding hydrogens is 320 g/mol. The van der Waals surface area contributed by atoms with E-state index < -0.39 is 35.3 Å². The van der Waals surface area contributed by atoms with Crippen LogP contribution >= 0.6 is 0 Å². The zero-order chi connectivity index (χ0) is 18.4. The number of carbonyl (C=O) groups excluding carboxylic acids is 1. The third-order valence-corrected chi connectivity index (χ3v) is 7.74. The number of hydrogen-bond donors (Lipinski definition) is 3. The van der Waals surface area contributed by atoms with Gasteiger partial charge in [0.2, 0.25) is 0 Å². The summed E-state index contributed by atoms with van der Waals surface area (Å²) in [4.78, 5) is 12.0. The Kier molecular flexibility index (Phi) is 3.42. The maximum Gasteiger partial charge on any atom is 0.334 e. The van der Waals surface area contributed by atoms with Crippen molar-refractivity contribution in [2.45, 2.75) is 70.9 Å². The molecule has 2 fully saturated rings. The molecule has 4 rings (SSSR count). The molecule has 3 N–H and O–H groups in total. The van der Waals surface area contributed by atoms with E-state index >= 15 is 0 Å². The Balaban J connectivity index is 1.83. The molecule has 0 amide bonds. The van der Waals surface area contributed by atoms with Crippen LogP contribution in [0.15, 0.2) is 23.3 Å². The van der Waals surface area contributed by atoms with Gasteiger partial charge in [-0.2, -0.15) is 0 Å². The topological polar surface area (TPSA) is 87.0 Å². The summed E-state index contributed by atoms with van der Waals surface area (Å²) in [7, 11) is 0. The van der Waals surface area contributed by atoms with Crippen LogP contribution in [0.1, 0.15) is 47.0 Å². The van der Waals surface area contributed by atoms with E-state index in [1.54, 1.807) is 6.92 Å². The number of ether oxygens (including phenoxy) is 1. The molecule has 25 heavy (non-hydrogen) atoms. The van der Waals surface area contributed by atoms with E-state index in [1.165, 1.54) is 0 Å². The average Bonchev–Trinajstić information content (AvgIpc) is 2.81. The Hall–Kier alpha value is -1.17. The number of hydrogen-bond acceptors (Lipinski definition) is 5. The molecule has 0 radical (unpaired) electrons. The lowest BCUT2D eigenvalue weighted by Gasteiger charge is -2.64. The second-order valence-corrected chi connectivity index (χ2v) is 9.24. The molecule has 7 atom stereocenters.